The zero-order chi connectivity index (χ0) is 32.5. The Bertz CT molecular complexity index is 2220. The van der Waals surface area contributed by atoms with Crippen molar-refractivity contribution in [1.82, 2.24) is 29.9 Å². The third-order valence-electron chi connectivity index (χ3n) is 7.69. The molecule has 1 unspecified atom stereocenters. The quantitative estimate of drug-likeness (QED) is 0.143. The van der Waals surface area contributed by atoms with Crippen LogP contribution >= 0.6 is 38.6 Å². The minimum absolute atomic E-state index is 0.00637. The number of methoxy groups -OCH3 is 1. The van der Waals surface area contributed by atoms with Gasteiger partial charge in [-0.1, -0.05) is 34.1 Å². The summed E-state index contributed by atoms with van der Waals surface area (Å²) < 4.78 is 8.46. The van der Waals surface area contributed by atoms with E-state index < -0.39 is 0 Å². The first-order chi connectivity index (χ1) is 22.8. The van der Waals surface area contributed by atoms with Gasteiger partial charge in [0.15, 0.2) is 5.82 Å². The molecular formula is C35H31BrN8OS2. The number of ether oxygens (including phenoxy) is 1. The van der Waals surface area contributed by atoms with Gasteiger partial charge in [-0.3, -0.25) is 0 Å². The average molecular weight is 724 g/mol. The first-order valence-corrected chi connectivity index (χ1v) is 17.6. The summed E-state index contributed by atoms with van der Waals surface area (Å²) in [6, 6.07) is 22.8. The summed E-state index contributed by atoms with van der Waals surface area (Å²) >= 11 is 6.80. The van der Waals surface area contributed by atoms with Crippen LogP contribution in [-0.2, 0) is 4.74 Å². The first kappa shape index (κ1) is 31.3. The SMILES string of the molecule is COCC(C)Nc1cc(-c2cc(-c3nc(N[C@@H](C)c4cccc(Br)c4)cc(-c4ccc5ncsc5c4)n3)c3ncsc3c2)nc(C)n1. The lowest BCUT2D eigenvalue weighted by Gasteiger charge is -2.17. The Labute approximate surface area is 288 Å². The number of fused-ring (bicyclic) bond motifs is 2. The molecule has 4 heterocycles. The summed E-state index contributed by atoms with van der Waals surface area (Å²) in [6.07, 6.45) is 0. The second-order valence-corrected chi connectivity index (χ2v) is 14.0. The molecule has 2 atom stereocenters. The fourth-order valence-electron chi connectivity index (χ4n) is 5.50. The lowest BCUT2D eigenvalue weighted by atomic mass is 10.0. The van der Waals surface area contributed by atoms with Gasteiger partial charge in [0.05, 0.1) is 49.4 Å². The fraction of sp³-hybridized carbons (Fsp3) is 0.200. The van der Waals surface area contributed by atoms with Crippen LogP contribution in [0.3, 0.4) is 0 Å². The highest BCUT2D eigenvalue weighted by Crippen LogP contribution is 2.36. The molecule has 0 saturated carbocycles. The van der Waals surface area contributed by atoms with Gasteiger partial charge < -0.3 is 15.4 Å². The highest BCUT2D eigenvalue weighted by atomic mass is 79.9. The highest BCUT2D eigenvalue weighted by molar-refractivity contribution is 9.10. The second-order valence-electron chi connectivity index (χ2n) is 11.3. The molecule has 0 radical (unpaired) electrons. The van der Waals surface area contributed by atoms with Crippen LogP contribution in [0.4, 0.5) is 11.6 Å². The first-order valence-electron chi connectivity index (χ1n) is 15.1. The molecule has 0 amide bonds. The number of hydrogen-bond donors (Lipinski definition) is 2. The number of halogens is 1. The van der Waals surface area contributed by atoms with Crippen molar-refractivity contribution in [2.45, 2.75) is 32.9 Å². The molecule has 0 saturated heterocycles. The molecule has 9 nitrogen and oxygen atoms in total. The fourth-order valence-corrected chi connectivity index (χ4v) is 7.38. The predicted molar refractivity (Wildman–Crippen MR) is 196 cm³/mol. The van der Waals surface area contributed by atoms with Gasteiger partial charge in [-0.25, -0.2) is 29.9 Å². The van der Waals surface area contributed by atoms with E-state index in [0.29, 0.717) is 24.1 Å². The molecule has 4 aromatic heterocycles. The van der Waals surface area contributed by atoms with Gasteiger partial charge in [-0.05, 0) is 62.7 Å². The van der Waals surface area contributed by atoms with Gasteiger partial charge in [-0.15, -0.1) is 22.7 Å². The normalized spacial score (nSPS) is 12.8. The third kappa shape index (κ3) is 6.86. The smallest absolute Gasteiger partial charge is 0.164 e. The minimum Gasteiger partial charge on any atom is -0.383 e. The number of aryl methyl sites for hydroxylation is 1. The third-order valence-corrected chi connectivity index (χ3v) is 9.75. The van der Waals surface area contributed by atoms with Crippen LogP contribution in [0, 0.1) is 6.92 Å². The number of hydrogen-bond acceptors (Lipinski definition) is 11. The molecule has 7 rings (SSSR count). The van der Waals surface area contributed by atoms with Gasteiger partial charge >= 0.3 is 0 Å². The van der Waals surface area contributed by atoms with E-state index >= 15 is 0 Å². The number of aromatic nitrogens is 6. The highest BCUT2D eigenvalue weighted by Gasteiger charge is 2.18. The molecule has 0 aliphatic rings. The molecule has 47 heavy (non-hydrogen) atoms. The molecule has 2 N–H and O–H groups in total. The number of benzene rings is 3. The molecule has 0 bridgehead atoms. The van der Waals surface area contributed by atoms with Crippen LogP contribution in [0.1, 0.15) is 31.3 Å². The van der Waals surface area contributed by atoms with Gasteiger partial charge in [0.2, 0.25) is 0 Å². The number of rotatable bonds is 10. The summed E-state index contributed by atoms with van der Waals surface area (Å²) in [5.41, 5.74) is 11.0. The van der Waals surface area contributed by atoms with E-state index in [1.165, 1.54) is 0 Å². The molecule has 0 aliphatic heterocycles. The zero-order valence-corrected chi connectivity index (χ0v) is 29.4. The van der Waals surface area contributed by atoms with Crippen LogP contribution in [0.25, 0.3) is 54.3 Å². The van der Waals surface area contributed by atoms with Crippen molar-refractivity contribution >= 4 is 70.7 Å². The molecule has 7 aromatic rings. The standard InChI is InChI=1S/C35H31BrN8OS2/c1-19(16-45-4)39-32-15-29(41-21(3)42-32)24-11-26(34-31(13-24)47-18-38-34)35-43-28(23-8-9-27-30(12-23)46-17-37-27)14-33(44-35)40-20(2)22-6-5-7-25(36)10-22/h5-15,17-20H,16H2,1-4H3,(H,39,41,42)(H,40,43,44)/t19?,20-/m0/s1. The monoisotopic (exact) mass is 722 g/mol. The summed E-state index contributed by atoms with van der Waals surface area (Å²) in [4.78, 5) is 28.9. The van der Waals surface area contributed by atoms with E-state index in [4.69, 9.17) is 24.7 Å². The molecular weight excluding hydrogens is 692 g/mol. The lowest BCUT2D eigenvalue weighted by Crippen LogP contribution is -2.21. The Hall–Kier alpha value is -4.36. The van der Waals surface area contributed by atoms with Crippen molar-refractivity contribution in [3.63, 3.8) is 0 Å². The van der Waals surface area contributed by atoms with Crippen LogP contribution in [-0.4, -0.2) is 49.7 Å². The van der Waals surface area contributed by atoms with E-state index in [9.17, 15) is 0 Å². The Morgan fingerprint density at radius 3 is 2.38 bits per heavy atom. The van der Waals surface area contributed by atoms with Gasteiger partial charge in [-0.2, -0.15) is 0 Å². The van der Waals surface area contributed by atoms with E-state index in [1.807, 2.05) is 48.3 Å². The van der Waals surface area contributed by atoms with Crippen LogP contribution in [0.5, 0.6) is 0 Å². The van der Waals surface area contributed by atoms with Crippen molar-refractivity contribution in [2.75, 3.05) is 24.4 Å². The van der Waals surface area contributed by atoms with E-state index in [1.54, 1.807) is 29.8 Å². The van der Waals surface area contributed by atoms with Gasteiger partial charge in [0.25, 0.3) is 0 Å². The largest absolute Gasteiger partial charge is 0.383 e. The number of anilines is 2. The van der Waals surface area contributed by atoms with Crippen molar-refractivity contribution in [2.24, 2.45) is 0 Å². The summed E-state index contributed by atoms with van der Waals surface area (Å²) in [5.74, 6) is 2.71. The van der Waals surface area contributed by atoms with Crippen molar-refractivity contribution < 1.29 is 4.74 Å². The second kappa shape index (κ2) is 13.4. The maximum Gasteiger partial charge on any atom is 0.164 e. The Kier molecular flexibility index (Phi) is 8.91. The average Bonchev–Trinajstić information content (AvgIpc) is 3.73. The maximum absolute atomic E-state index is 5.31. The summed E-state index contributed by atoms with van der Waals surface area (Å²) in [7, 11) is 1.69. The van der Waals surface area contributed by atoms with Crippen molar-refractivity contribution in [3.8, 4) is 33.9 Å². The lowest BCUT2D eigenvalue weighted by molar-refractivity contribution is 0.190. The molecule has 3 aromatic carbocycles. The topological polar surface area (TPSA) is 111 Å². The van der Waals surface area contributed by atoms with Crippen molar-refractivity contribution in [3.05, 3.63) is 93.6 Å². The predicted octanol–water partition coefficient (Wildman–Crippen LogP) is 9.18. The van der Waals surface area contributed by atoms with Gasteiger partial charge in [0.1, 0.15) is 17.5 Å². The molecule has 0 fully saturated rings. The van der Waals surface area contributed by atoms with E-state index in [-0.39, 0.29) is 12.1 Å². The Morgan fingerprint density at radius 1 is 0.787 bits per heavy atom. The Balaban J connectivity index is 1.36. The number of nitrogens with zero attached hydrogens (tertiary/aromatic N) is 6. The summed E-state index contributed by atoms with van der Waals surface area (Å²) in [5, 5.41) is 7.06. The Morgan fingerprint density at radius 2 is 1.55 bits per heavy atom. The minimum atomic E-state index is -0.00637. The van der Waals surface area contributed by atoms with Crippen LogP contribution in [0.2, 0.25) is 0 Å². The molecule has 236 valence electrons. The maximum atomic E-state index is 5.31. The summed E-state index contributed by atoms with van der Waals surface area (Å²) in [6.45, 7) is 6.65. The molecule has 0 spiro atoms. The number of nitrogens with one attached hydrogen (secondary N) is 2. The van der Waals surface area contributed by atoms with E-state index in [0.717, 1.165) is 64.4 Å². The van der Waals surface area contributed by atoms with E-state index in [2.05, 4.69) is 86.8 Å². The molecule has 12 heteroatoms. The molecule has 0 aliphatic carbocycles. The van der Waals surface area contributed by atoms with Crippen molar-refractivity contribution in [1.29, 1.82) is 0 Å². The van der Waals surface area contributed by atoms with Crippen LogP contribution in [0.15, 0.2) is 82.2 Å². The zero-order valence-electron chi connectivity index (χ0n) is 26.2. The number of thiazole rings is 2. The van der Waals surface area contributed by atoms with Crippen LogP contribution < -0.4 is 10.6 Å². The van der Waals surface area contributed by atoms with Gasteiger partial charge in [0, 0.05) is 52.5 Å².